The number of rotatable bonds is 5. The molecule has 0 unspecified atom stereocenters. The number of anilines is 1. The van der Waals surface area contributed by atoms with Crippen LogP contribution in [-0.2, 0) is 4.79 Å². The van der Waals surface area contributed by atoms with E-state index >= 15 is 0 Å². The van der Waals surface area contributed by atoms with E-state index < -0.39 is 6.10 Å². The van der Waals surface area contributed by atoms with E-state index in [-0.39, 0.29) is 5.91 Å². The first kappa shape index (κ1) is 16.6. The molecule has 0 saturated heterocycles. The fraction of sp³-hybridized carbons (Fsp3) is 0.235. The van der Waals surface area contributed by atoms with E-state index in [1.54, 1.807) is 38.3 Å². The minimum absolute atomic E-state index is 0.180. The smallest absolute Gasteiger partial charge is 0.265 e. The van der Waals surface area contributed by atoms with Gasteiger partial charge in [0.25, 0.3) is 5.91 Å². The molecule has 2 rings (SSSR count). The maximum Gasteiger partial charge on any atom is 0.265 e. The van der Waals surface area contributed by atoms with Crippen molar-refractivity contribution < 1.29 is 14.3 Å². The van der Waals surface area contributed by atoms with Crippen molar-refractivity contribution in [3.63, 3.8) is 0 Å². The highest BCUT2D eigenvalue weighted by atomic mass is 127. The third-order valence-electron chi connectivity index (χ3n) is 3.19. The summed E-state index contributed by atoms with van der Waals surface area (Å²) in [6, 6.07) is 13.0. The summed E-state index contributed by atoms with van der Waals surface area (Å²) in [6.07, 6.45) is -0.591. The molecule has 0 saturated carbocycles. The van der Waals surface area contributed by atoms with Crippen molar-refractivity contribution in [1.82, 2.24) is 0 Å². The van der Waals surface area contributed by atoms with Gasteiger partial charge in [0.1, 0.15) is 11.5 Å². The molecule has 116 valence electrons. The number of carbonyl (C=O) groups is 1. The van der Waals surface area contributed by atoms with Crippen LogP contribution >= 0.6 is 22.6 Å². The van der Waals surface area contributed by atoms with E-state index in [0.717, 1.165) is 20.6 Å². The van der Waals surface area contributed by atoms with Crippen molar-refractivity contribution >= 4 is 34.2 Å². The van der Waals surface area contributed by atoms with Crippen molar-refractivity contribution in [2.75, 3.05) is 12.4 Å². The Morgan fingerprint density at radius 2 is 1.77 bits per heavy atom. The standard InChI is InChI=1S/C17H18INO3/c1-11-10-13(18)4-9-16(11)19-17(20)12(2)22-15-7-5-14(21-3)6-8-15/h4-10,12H,1-3H3,(H,19,20)/t12-/m0/s1. The second-order valence-corrected chi connectivity index (χ2v) is 6.13. The highest BCUT2D eigenvalue weighted by Gasteiger charge is 2.15. The average molecular weight is 411 g/mol. The lowest BCUT2D eigenvalue weighted by Gasteiger charge is -2.16. The zero-order chi connectivity index (χ0) is 16.1. The van der Waals surface area contributed by atoms with Crippen molar-refractivity contribution in [2.24, 2.45) is 0 Å². The first-order valence-electron chi connectivity index (χ1n) is 6.87. The fourth-order valence-corrected chi connectivity index (χ4v) is 2.56. The van der Waals surface area contributed by atoms with E-state index in [1.807, 2.05) is 25.1 Å². The van der Waals surface area contributed by atoms with Crippen LogP contribution in [-0.4, -0.2) is 19.1 Å². The third kappa shape index (κ3) is 4.37. The van der Waals surface area contributed by atoms with Gasteiger partial charge in [0.05, 0.1) is 7.11 Å². The van der Waals surface area contributed by atoms with Gasteiger partial charge < -0.3 is 14.8 Å². The lowest BCUT2D eigenvalue weighted by atomic mass is 10.2. The van der Waals surface area contributed by atoms with Crippen molar-refractivity contribution in [3.8, 4) is 11.5 Å². The molecule has 0 aromatic heterocycles. The van der Waals surface area contributed by atoms with Crippen LogP contribution in [0.1, 0.15) is 12.5 Å². The maximum absolute atomic E-state index is 12.2. The molecule has 0 spiro atoms. The van der Waals surface area contributed by atoms with Gasteiger partial charge >= 0.3 is 0 Å². The highest BCUT2D eigenvalue weighted by Crippen LogP contribution is 2.20. The predicted octanol–water partition coefficient (Wildman–Crippen LogP) is 4.01. The third-order valence-corrected chi connectivity index (χ3v) is 3.86. The van der Waals surface area contributed by atoms with Gasteiger partial charge in [0.2, 0.25) is 0 Å². The molecule has 0 aliphatic rings. The topological polar surface area (TPSA) is 47.6 Å². The molecule has 22 heavy (non-hydrogen) atoms. The Kier molecular flexibility index (Phi) is 5.65. The largest absolute Gasteiger partial charge is 0.497 e. The van der Waals surface area contributed by atoms with E-state index in [9.17, 15) is 4.79 Å². The van der Waals surface area contributed by atoms with Crippen LogP contribution in [0.3, 0.4) is 0 Å². The molecule has 0 heterocycles. The Morgan fingerprint density at radius 1 is 1.14 bits per heavy atom. The second-order valence-electron chi connectivity index (χ2n) is 4.88. The normalized spacial score (nSPS) is 11.6. The summed E-state index contributed by atoms with van der Waals surface area (Å²) in [7, 11) is 1.61. The van der Waals surface area contributed by atoms with Crippen LogP contribution in [0.4, 0.5) is 5.69 Å². The number of carbonyl (C=O) groups excluding carboxylic acids is 1. The minimum atomic E-state index is -0.591. The summed E-state index contributed by atoms with van der Waals surface area (Å²) >= 11 is 2.24. The van der Waals surface area contributed by atoms with Crippen LogP contribution in [0.5, 0.6) is 11.5 Å². The molecule has 0 aliphatic heterocycles. The SMILES string of the molecule is COc1ccc(O[C@@H](C)C(=O)Nc2ccc(I)cc2C)cc1. The number of nitrogens with one attached hydrogen (secondary N) is 1. The fourth-order valence-electron chi connectivity index (χ4n) is 1.91. The lowest BCUT2D eigenvalue weighted by Crippen LogP contribution is -2.30. The molecule has 1 atom stereocenters. The molecular formula is C17H18INO3. The maximum atomic E-state index is 12.2. The Morgan fingerprint density at radius 3 is 2.36 bits per heavy atom. The van der Waals surface area contributed by atoms with Crippen LogP contribution < -0.4 is 14.8 Å². The predicted molar refractivity (Wildman–Crippen MR) is 95.6 cm³/mol. The van der Waals surface area contributed by atoms with E-state index in [0.29, 0.717) is 5.75 Å². The Hall–Kier alpha value is -1.76. The molecule has 5 heteroatoms. The first-order valence-corrected chi connectivity index (χ1v) is 7.95. The molecule has 0 fully saturated rings. The number of benzene rings is 2. The van der Waals surface area contributed by atoms with Crippen LogP contribution in [0.15, 0.2) is 42.5 Å². The number of ether oxygens (including phenoxy) is 2. The molecule has 2 aromatic rings. The molecule has 0 radical (unpaired) electrons. The second kappa shape index (κ2) is 7.49. The summed E-state index contributed by atoms with van der Waals surface area (Å²) in [6.45, 7) is 3.69. The summed E-state index contributed by atoms with van der Waals surface area (Å²) in [5.74, 6) is 1.20. The molecule has 1 N–H and O–H groups in total. The number of amides is 1. The summed E-state index contributed by atoms with van der Waals surface area (Å²) in [4.78, 5) is 12.2. The van der Waals surface area contributed by atoms with Gasteiger partial charge in [-0.3, -0.25) is 4.79 Å². The van der Waals surface area contributed by atoms with Gasteiger partial charge in [-0.2, -0.15) is 0 Å². The van der Waals surface area contributed by atoms with Gasteiger partial charge in [-0.05, 0) is 84.5 Å². The van der Waals surface area contributed by atoms with Gasteiger partial charge in [-0.1, -0.05) is 0 Å². The van der Waals surface area contributed by atoms with Crippen molar-refractivity contribution in [2.45, 2.75) is 20.0 Å². The van der Waals surface area contributed by atoms with Gasteiger partial charge in [0, 0.05) is 9.26 Å². The molecule has 1 amide bonds. The number of halogens is 1. The van der Waals surface area contributed by atoms with Crippen LogP contribution in [0, 0.1) is 10.5 Å². The zero-order valence-corrected chi connectivity index (χ0v) is 14.9. The van der Waals surface area contributed by atoms with Crippen LogP contribution in [0.2, 0.25) is 0 Å². The highest BCUT2D eigenvalue weighted by molar-refractivity contribution is 14.1. The monoisotopic (exact) mass is 411 g/mol. The zero-order valence-electron chi connectivity index (χ0n) is 12.7. The van der Waals surface area contributed by atoms with Crippen molar-refractivity contribution in [3.05, 3.63) is 51.6 Å². The molecular weight excluding hydrogens is 393 g/mol. The Labute approximate surface area is 144 Å². The Balaban J connectivity index is 1.99. The van der Waals surface area contributed by atoms with Gasteiger partial charge in [-0.25, -0.2) is 0 Å². The first-order chi connectivity index (χ1) is 10.5. The summed E-state index contributed by atoms with van der Waals surface area (Å²) in [5, 5.41) is 2.89. The van der Waals surface area contributed by atoms with Crippen LogP contribution in [0.25, 0.3) is 0 Å². The molecule has 0 aliphatic carbocycles. The van der Waals surface area contributed by atoms with Gasteiger partial charge in [-0.15, -0.1) is 0 Å². The summed E-state index contributed by atoms with van der Waals surface area (Å²) < 4.78 is 11.9. The van der Waals surface area contributed by atoms with E-state index in [4.69, 9.17) is 9.47 Å². The minimum Gasteiger partial charge on any atom is -0.497 e. The molecule has 4 nitrogen and oxygen atoms in total. The number of aryl methyl sites for hydroxylation is 1. The number of hydrogen-bond acceptors (Lipinski definition) is 3. The Bertz CT molecular complexity index is 655. The van der Waals surface area contributed by atoms with E-state index in [2.05, 4.69) is 27.9 Å². The molecule has 0 bridgehead atoms. The van der Waals surface area contributed by atoms with E-state index in [1.165, 1.54) is 0 Å². The van der Waals surface area contributed by atoms with Gasteiger partial charge in [0.15, 0.2) is 6.10 Å². The quantitative estimate of drug-likeness (QED) is 0.757. The number of hydrogen-bond donors (Lipinski definition) is 1. The lowest BCUT2D eigenvalue weighted by molar-refractivity contribution is -0.122. The molecule has 2 aromatic carbocycles. The van der Waals surface area contributed by atoms with Crippen molar-refractivity contribution in [1.29, 1.82) is 0 Å². The number of methoxy groups -OCH3 is 1. The summed E-state index contributed by atoms with van der Waals surface area (Å²) in [5.41, 5.74) is 1.83. The average Bonchev–Trinajstić information content (AvgIpc) is 2.50.